The van der Waals surface area contributed by atoms with Gasteiger partial charge in [-0.15, -0.1) is 12.6 Å². The molecule has 0 spiro atoms. The first kappa shape index (κ1) is 8.72. The lowest BCUT2D eigenvalue weighted by atomic mass is 10.2. The van der Waals surface area contributed by atoms with Gasteiger partial charge in [0.05, 0.1) is 16.7 Å². The molecule has 1 heterocycles. The summed E-state index contributed by atoms with van der Waals surface area (Å²) in [7, 11) is 1.60. The third kappa shape index (κ3) is 1.26. The smallest absolute Gasteiger partial charge is 0.188 e. The first-order chi connectivity index (χ1) is 6.24. The molecule has 0 radical (unpaired) electrons. The monoisotopic (exact) mass is 212 g/mol. The van der Waals surface area contributed by atoms with E-state index in [1.807, 2.05) is 6.07 Å². The van der Waals surface area contributed by atoms with Gasteiger partial charge >= 0.3 is 0 Å². The number of aromatic hydroxyl groups is 1. The molecule has 0 aliphatic heterocycles. The van der Waals surface area contributed by atoms with E-state index in [0.29, 0.717) is 0 Å². The highest BCUT2D eigenvalue weighted by Crippen LogP contribution is 2.43. The van der Waals surface area contributed by atoms with Crippen LogP contribution < -0.4 is 4.74 Å². The first-order valence-corrected chi connectivity index (χ1v) is 4.98. The second-order valence-corrected chi connectivity index (χ2v) is 4.03. The van der Waals surface area contributed by atoms with Crippen molar-refractivity contribution < 1.29 is 9.84 Å². The number of phenols is 1. The molecule has 0 amide bonds. The number of hydrogen-bond donors (Lipinski definition) is 2. The number of thiophene rings is 1. The maximum atomic E-state index is 9.53. The van der Waals surface area contributed by atoms with E-state index in [0.717, 1.165) is 20.0 Å². The zero-order chi connectivity index (χ0) is 9.42. The van der Waals surface area contributed by atoms with E-state index in [1.54, 1.807) is 19.2 Å². The van der Waals surface area contributed by atoms with Gasteiger partial charge in [0.2, 0.25) is 0 Å². The highest BCUT2D eigenvalue weighted by molar-refractivity contribution is 7.81. The molecule has 0 saturated carbocycles. The average molecular weight is 212 g/mol. The quantitative estimate of drug-likeness (QED) is 0.712. The number of methoxy groups -OCH3 is 1. The molecule has 0 aliphatic carbocycles. The highest BCUT2D eigenvalue weighted by Gasteiger charge is 2.11. The van der Waals surface area contributed by atoms with E-state index in [2.05, 4.69) is 12.6 Å². The van der Waals surface area contributed by atoms with Crippen molar-refractivity contribution in [1.29, 1.82) is 0 Å². The summed E-state index contributed by atoms with van der Waals surface area (Å²) in [6, 6.07) is 5.37. The number of thiol groups is 1. The molecule has 0 aliphatic rings. The van der Waals surface area contributed by atoms with Gasteiger partial charge in [-0.1, -0.05) is 23.5 Å². The van der Waals surface area contributed by atoms with Crippen molar-refractivity contribution in [1.82, 2.24) is 0 Å². The van der Waals surface area contributed by atoms with Gasteiger partial charge in [0.15, 0.2) is 5.06 Å². The van der Waals surface area contributed by atoms with Crippen LogP contribution in [0.3, 0.4) is 0 Å². The Hall–Kier alpha value is -0.870. The molecule has 1 aromatic heterocycles. The van der Waals surface area contributed by atoms with Gasteiger partial charge in [-0.2, -0.15) is 0 Å². The van der Waals surface area contributed by atoms with Gasteiger partial charge in [0, 0.05) is 5.39 Å². The Morgan fingerprint density at radius 1 is 1.46 bits per heavy atom. The van der Waals surface area contributed by atoms with E-state index < -0.39 is 0 Å². The van der Waals surface area contributed by atoms with Crippen molar-refractivity contribution in [2.24, 2.45) is 0 Å². The minimum Gasteiger partial charge on any atom is -0.506 e. The fourth-order valence-corrected chi connectivity index (χ4v) is 2.63. The Kier molecular flexibility index (Phi) is 2.09. The third-order valence-corrected chi connectivity index (χ3v) is 3.61. The number of rotatable bonds is 1. The Morgan fingerprint density at radius 3 is 2.85 bits per heavy atom. The summed E-state index contributed by atoms with van der Waals surface area (Å²) in [4.78, 5) is 0.790. The second-order valence-electron chi connectivity index (χ2n) is 2.60. The SMILES string of the molecule is COc1sc2c(O)cccc2c1S. The maximum absolute atomic E-state index is 9.53. The zero-order valence-corrected chi connectivity index (χ0v) is 8.65. The van der Waals surface area contributed by atoms with Gasteiger partial charge in [-0.25, -0.2) is 0 Å². The molecule has 2 nitrogen and oxygen atoms in total. The molecule has 1 aromatic carbocycles. The van der Waals surface area contributed by atoms with Gasteiger partial charge in [0.1, 0.15) is 5.75 Å². The lowest BCUT2D eigenvalue weighted by molar-refractivity contribution is 0.419. The Bertz CT molecular complexity index is 448. The molecule has 0 saturated heterocycles. The first-order valence-electron chi connectivity index (χ1n) is 3.71. The topological polar surface area (TPSA) is 29.5 Å². The summed E-state index contributed by atoms with van der Waals surface area (Å²) in [5, 5.41) is 11.2. The largest absolute Gasteiger partial charge is 0.506 e. The fourth-order valence-electron chi connectivity index (χ4n) is 1.21. The van der Waals surface area contributed by atoms with Gasteiger partial charge in [-0.3, -0.25) is 0 Å². The van der Waals surface area contributed by atoms with Gasteiger partial charge in [-0.05, 0) is 6.07 Å². The van der Waals surface area contributed by atoms with Crippen LogP contribution in [0, 0.1) is 0 Å². The molecule has 1 N–H and O–H groups in total. The molecule has 4 heteroatoms. The zero-order valence-electron chi connectivity index (χ0n) is 6.94. The van der Waals surface area contributed by atoms with Crippen LogP contribution in [-0.4, -0.2) is 12.2 Å². The minimum absolute atomic E-state index is 0.279. The molecular weight excluding hydrogens is 204 g/mol. The van der Waals surface area contributed by atoms with Gasteiger partial charge in [0.25, 0.3) is 0 Å². The normalized spacial score (nSPS) is 10.6. The van der Waals surface area contributed by atoms with Gasteiger partial charge < -0.3 is 9.84 Å². The third-order valence-electron chi connectivity index (χ3n) is 1.82. The van der Waals surface area contributed by atoms with Crippen LogP contribution in [-0.2, 0) is 0 Å². The van der Waals surface area contributed by atoms with Crippen LogP contribution in [0.2, 0.25) is 0 Å². The summed E-state index contributed by atoms with van der Waals surface area (Å²) in [6.07, 6.45) is 0. The van der Waals surface area contributed by atoms with Crippen molar-refractivity contribution in [3.63, 3.8) is 0 Å². The molecule has 0 bridgehead atoms. The number of benzene rings is 1. The van der Waals surface area contributed by atoms with Crippen molar-refractivity contribution in [2.45, 2.75) is 4.90 Å². The summed E-state index contributed by atoms with van der Waals surface area (Å²) < 4.78 is 5.94. The molecule has 13 heavy (non-hydrogen) atoms. The molecule has 2 rings (SSSR count). The van der Waals surface area contributed by atoms with Crippen LogP contribution in [0.1, 0.15) is 0 Å². The Labute approximate surface area is 85.2 Å². The standard InChI is InChI=1S/C9H8O2S2/c1-11-9-7(12)5-3-2-4-6(10)8(5)13-9/h2-4,10,12H,1H3. The molecule has 2 aromatic rings. The number of fused-ring (bicyclic) bond motifs is 1. The predicted molar refractivity (Wildman–Crippen MR) is 57.3 cm³/mol. The van der Waals surface area contributed by atoms with E-state index in [-0.39, 0.29) is 5.75 Å². The van der Waals surface area contributed by atoms with E-state index in [1.165, 1.54) is 11.3 Å². The summed E-state index contributed by atoms with van der Waals surface area (Å²) in [5.74, 6) is 0.279. The maximum Gasteiger partial charge on any atom is 0.188 e. The molecular formula is C9H8O2S2. The van der Waals surface area contributed by atoms with E-state index in [4.69, 9.17) is 4.74 Å². The van der Waals surface area contributed by atoms with Crippen molar-refractivity contribution in [3.05, 3.63) is 18.2 Å². The number of hydrogen-bond acceptors (Lipinski definition) is 4. The summed E-state index contributed by atoms with van der Waals surface area (Å²) in [6.45, 7) is 0. The average Bonchev–Trinajstić information content (AvgIpc) is 2.45. The summed E-state index contributed by atoms with van der Waals surface area (Å²) >= 11 is 5.72. The van der Waals surface area contributed by atoms with Crippen LogP contribution in [0.5, 0.6) is 10.8 Å². The van der Waals surface area contributed by atoms with Crippen molar-refractivity contribution in [3.8, 4) is 10.8 Å². The highest BCUT2D eigenvalue weighted by atomic mass is 32.1. The predicted octanol–water partition coefficient (Wildman–Crippen LogP) is 2.90. The summed E-state index contributed by atoms with van der Waals surface area (Å²) in [5.41, 5.74) is 0. The van der Waals surface area contributed by atoms with Crippen LogP contribution >= 0.6 is 24.0 Å². The molecule has 0 unspecified atom stereocenters. The van der Waals surface area contributed by atoms with Crippen LogP contribution in [0.25, 0.3) is 10.1 Å². The fraction of sp³-hybridized carbons (Fsp3) is 0.111. The van der Waals surface area contributed by atoms with Crippen LogP contribution in [0.4, 0.5) is 0 Å². The van der Waals surface area contributed by atoms with Crippen molar-refractivity contribution in [2.75, 3.05) is 7.11 Å². The number of ether oxygens (including phenoxy) is 1. The van der Waals surface area contributed by atoms with Crippen LogP contribution in [0.15, 0.2) is 23.1 Å². The number of phenolic OH excluding ortho intramolecular Hbond substituents is 1. The van der Waals surface area contributed by atoms with E-state index >= 15 is 0 Å². The van der Waals surface area contributed by atoms with Crippen molar-refractivity contribution >= 4 is 34.1 Å². The Balaban J connectivity index is 2.83. The molecule has 0 fully saturated rings. The second kappa shape index (κ2) is 3.12. The molecule has 68 valence electrons. The lowest BCUT2D eigenvalue weighted by Gasteiger charge is -1.93. The lowest BCUT2D eigenvalue weighted by Crippen LogP contribution is -1.76. The molecule has 0 atom stereocenters. The Morgan fingerprint density at radius 2 is 2.23 bits per heavy atom. The van der Waals surface area contributed by atoms with E-state index in [9.17, 15) is 5.11 Å². The minimum atomic E-state index is 0.279.